The van der Waals surface area contributed by atoms with Gasteiger partial charge in [-0.05, 0) is 28.3 Å². The number of hydrogen-bond acceptors (Lipinski definition) is 3. The molecule has 1 atom stereocenters. The molecular weight excluding hydrogens is 357 g/mol. The smallest absolute Gasteiger partial charge is 0.261 e. The van der Waals surface area contributed by atoms with Gasteiger partial charge in [0.05, 0.1) is 6.21 Å². The first-order valence-corrected chi connectivity index (χ1v) is 11.3. The van der Waals surface area contributed by atoms with Crippen LogP contribution in [0.25, 0.3) is 0 Å². The van der Waals surface area contributed by atoms with Gasteiger partial charge in [0.2, 0.25) is 0 Å². The van der Waals surface area contributed by atoms with Crippen molar-refractivity contribution in [3.8, 4) is 0 Å². The Hall–Kier alpha value is -1.98. The summed E-state index contributed by atoms with van der Waals surface area (Å²) in [4.78, 5) is 4.54. The molecule has 0 saturated carbocycles. The molecule has 0 aliphatic carbocycles. The molecule has 0 saturated heterocycles. The highest BCUT2D eigenvalue weighted by molar-refractivity contribution is 6.99. The summed E-state index contributed by atoms with van der Waals surface area (Å²) in [6.45, 7) is 7.22. The van der Waals surface area contributed by atoms with Crippen molar-refractivity contribution in [2.45, 2.75) is 44.8 Å². The van der Waals surface area contributed by atoms with E-state index in [1.807, 2.05) is 12.1 Å². The van der Waals surface area contributed by atoms with Gasteiger partial charge in [0, 0.05) is 6.61 Å². The van der Waals surface area contributed by atoms with Gasteiger partial charge in [-0.3, -0.25) is 0 Å². The van der Waals surface area contributed by atoms with Gasteiger partial charge >= 0.3 is 0 Å². The minimum Gasteiger partial charge on any atom is -0.407 e. The van der Waals surface area contributed by atoms with E-state index in [2.05, 4.69) is 79.3 Å². The third-order valence-corrected chi connectivity index (χ3v) is 9.73. The van der Waals surface area contributed by atoms with E-state index in [4.69, 9.17) is 4.43 Å². The maximum atomic E-state index is 13.8. The third kappa shape index (κ3) is 5.27. The number of rotatable bonds is 9. The molecule has 0 amide bonds. The summed E-state index contributed by atoms with van der Waals surface area (Å²) in [5, 5.41) is 5.91. The molecule has 0 aliphatic rings. The maximum absolute atomic E-state index is 13.8. The lowest BCUT2D eigenvalue weighted by Gasteiger charge is -2.43. The fraction of sp³-hybridized carbons (Fsp3) is 0.409. The minimum absolute atomic E-state index is 0.0671. The fourth-order valence-corrected chi connectivity index (χ4v) is 8.07. The van der Waals surface area contributed by atoms with Crippen molar-refractivity contribution < 1.29 is 13.7 Å². The third-order valence-electron chi connectivity index (χ3n) is 4.69. The Morgan fingerprint density at radius 2 is 1.52 bits per heavy atom. The Morgan fingerprint density at radius 3 is 1.96 bits per heavy atom. The lowest BCUT2D eigenvalue weighted by atomic mass is 10.2. The monoisotopic (exact) mass is 387 g/mol. The zero-order valence-electron chi connectivity index (χ0n) is 16.7. The van der Waals surface area contributed by atoms with Crippen molar-refractivity contribution in [3.63, 3.8) is 0 Å². The molecular formula is C22H30FNO2Si. The summed E-state index contributed by atoms with van der Waals surface area (Å²) < 4.78 is 20.5. The Kier molecular flexibility index (Phi) is 7.74. The highest BCUT2D eigenvalue weighted by Gasteiger charge is 2.49. The molecule has 0 bridgehead atoms. The van der Waals surface area contributed by atoms with Crippen molar-refractivity contribution in [1.82, 2.24) is 0 Å². The van der Waals surface area contributed by atoms with Crippen LogP contribution in [0.5, 0.6) is 0 Å². The van der Waals surface area contributed by atoms with Gasteiger partial charge in [0.1, 0.15) is 13.3 Å². The number of benzene rings is 2. The van der Waals surface area contributed by atoms with Crippen molar-refractivity contribution in [2.75, 3.05) is 13.7 Å². The van der Waals surface area contributed by atoms with Gasteiger partial charge in [-0.1, -0.05) is 86.6 Å². The molecule has 2 aromatic rings. The second-order valence-electron chi connectivity index (χ2n) is 7.61. The van der Waals surface area contributed by atoms with Crippen molar-refractivity contribution in [1.29, 1.82) is 0 Å². The Bertz CT molecular complexity index is 662. The van der Waals surface area contributed by atoms with Crippen LogP contribution in [-0.4, -0.2) is 34.4 Å². The molecule has 1 unspecified atom stereocenters. The van der Waals surface area contributed by atoms with Crippen LogP contribution >= 0.6 is 0 Å². The number of nitrogens with zero attached hydrogens (tertiary/aromatic N) is 1. The standard InChI is InChI=1S/C22H30FNO2Si/c1-22(2,3)27(20-13-7-5-8-14-20,21-15-9-6-10-16-21)26-17-11-12-19(23)18-24-25-4/h5-10,13-16,18-19H,11-12,17H2,1-4H3. The van der Waals surface area contributed by atoms with E-state index in [0.717, 1.165) is 0 Å². The van der Waals surface area contributed by atoms with Gasteiger partial charge in [-0.25, -0.2) is 4.39 Å². The Labute approximate surface area is 163 Å². The van der Waals surface area contributed by atoms with Crippen molar-refractivity contribution in [2.24, 2.45) is 5.16 Å². The summed E-state index contributed by atoms with van der Waals surface area (Å²) in [5.41, 5.74) is 0. The molecule has 0 aromatic heterocycles. The van der Waals surface area contributed by atoms with Crippen molar-refractivity contribution in [3.05, 3.63) is 60.7 Å². The lowest BCUT2D eigenvalue weighted by molar-refractivity contribution is 0.210. The molecule has 146 valence electrons. The highest BCUT2D eigenvalue weighted by atomic mass is 28.4. The molecule has 0 spiro atoms. The summed E-state index contributed by atoms with van der Waals surface area (Å²) in [6.07, 6.45) is 1.07. The normalized spacial score (nSPS) is 13.7. The molecule has 0 N–H and O–H groups in total. The average Bonchev–Trinajstić information content (AvgIpc) is 2.67. The van der Waals surface area contributed by atoms with E-state index < -0.39 is 14.5 Å². The van der Waals surface area contributed by atoms with E-state index in [1.54, 1.807) is 0 Å². The average molecular weight is 388 g/mol. The van der Waals surface area contributed by atoms with Gasteiger partial charge < -0.3 is 9.26 Å². The molecule has 2 aromatic carbocycles. The predicted octanol–water partition coefficient (Wildman–Crippen LogP) is 4.31. The van der Waals surface area contributed by atoms with E-state index in [-0.39, 0.29) is 5.04 Å². The first-order valence-electron chi connectivity index (χ1n) is 9.37. The second-order valence-corrected chi connectivity index (χ2v) is 11.9. The number of hydrogen-bond donors (Lipinski definition) is 0. The second kappa shape index (κ2) is 9.81. The minimum atomic E-state index is -2.53. The van der Waals surface area contributed by atoms with Crippen LogP contribution < -0.4 is 10.4 Å². The van der Waals surface area contributed by atoms with Crippen LogP contribution in [0.2, 0.25) is 5.04 Å². The van der Waals surface area contributed by atoms with Crippen LogP contribution in [-0.2, 0) is 9.26 Å². The van der Waals surface area contributed by atoms with Crippen LogP contribution in [0, 0.1) is 0 Å². The zero-order valence-corrected chi connectivity index (χ0v) is 17.7. The number of alkyl halides is 1. The summed E-state index contributed by atoms with van der Waals surface area (Å²) in [5.74, 6) is 0. The molecule has 0 fully saturated rings. The molecule has 27 heavy (non-hydrogen) atoms. The van der Waals surface area contributed by atoms with Crippen molar-refractivity contribution >= 4 is 24.9 Å². The predicted molar refractivity (Wildman–Crippen MR) is 113 cm³/mol. The lowest BCUT2D eigenvalue weighted by Crippen LogP contribution is -2.66. The van der Waals surface area contributed by atoms with Gasteiger partial charge in [0.25, 0.3) is 8.32 Å². The molecule has 0 radical (unpaired) electrons. The quantitative estimate of drug-likeness (QED) is 0.278. The van der Waals surface area contributed by atoms with Gasteiger partial charge in [-0.15, -0.1) is 0 Å². The zero-order chi connectivity index (χ0) is 19.8. The maximum Gasteiger partial charge on any atom is 0.261 e. The summed E-state index contributed by atoms with van der Waals surface area (Å²) in [6, 6.07) is 20.9. The van der Waals surface area contributed by atoms with E-state index >= 15 is 0 Å². The van der Waals surface area contributed by atoms with Crippen LogP contribution in [0.3, 0.4) is 0 Å². The van der Waals surface area contributed by atoms with E-state index in [0.29, 0.717) is 19.4 Å². The Balaban J connectivity index is 2.29. The molecule has 2 rings (SSSR count). The molecule has 0 heterocycles. The van der Waals surface area contributed by atoms with Gasteiger partial charge in [-0.2, -0.15) is 0 Å². The number of halogens is 1. The first-order chi connectivity index (χ1) is 12.9. The van der Waals surface area contributed by atoms with Crippen LogP contribution in [0.4, 0.5) is 4.39 Å². The van der Waals surface area contributed by atoms with Crippen LogP contribution in [0.15, 0.2) is 65.8 Å². The van der Waals surface area contributed by atoms with E-state index in [1.165, 1.54) is 23.7 Å². The molecule has 3 nitrogen and oxygen atoms in total. The first kappa shape index (κ1) is 21.3. The highest BCUT2D eigenvalue weighted by Crippen LogP contribution is 2.36. The fourth-order valence-electron chi connectivity index (χ4n) is 3.47. The molecule has 5 heteroatoms. The topological polar surface area (TPSA) is 30.8 Å². The van der Waals surface area contributed by atoms with Gasteiger partial charge in [0.15, 0.2) is 0 Å². The number of oxime groups is 1. The summed E-state index contributed by atoms with van der Waals surface area (Å²) in [7, 11) is -1.12. The summed E-state index contributed by atoms with van der Waals surface area (Å²) >= 11 is 0. The SMILES string of the molecule is CON=CC(F)CCCO[Si](c1ccccc1)(c1ccccc1)C(C)(C)C. The van der Waals surface area contributed by atoms with E-state index in [9.17, 15) is 4.39 Å². The largest absolute Gasteiger partial charge is 0.407 e. The molecule has 0 aliphatic heterocycles. The Morgan fingerprint density at radius 1 is 1.00 bits per heavy atom. The van der Waals surface area contributed by atoms with Crippen LogP contribution in [0.1, 0.15) is 33.6 Å².